The molecule has 0 saturated heterocycles. The number of nitrogens with one attached hydrogen (secondary N) is 1. The highest BCUT2D eigenvalue weighted by Gasteiger charge is 2.18. The standard InChI is InChI=1S/C8H7ClN4O5S/c1-4-11-12-6(18-4)3-13-2-5(19(9,16)17)7(14)10-8(13)15/h2H,3H2,1H3,(H,10,14,15). The maximum absolute atomic E-state index is 11.5. The fraction of sp³-hybridized carbons (Fsp3) is 0.250. The lowest BCUT2D eigenvalue weighted by atomic mass is 10.5. The average Bonchev–Trinajstić information content (AvgIpc) is 2.66. The summed E-state index contributed by atoms with van der Waals surface area (Å²) in [4.78, 5) is 23.9. The van der Waals surface area contributed by atoms with E-state index >= 15 is 0 Å². The number of H-pyrrole nitrogens is 1. The maximum Gasteiger partial charge on any atom is 0.328 e. The summed E-state index contributed by atoms with van der Waals surface area (Å²) in [6, 6.07) is 0. The van der Waals surface area contributed by atoms with Crippen LogP contribution in [-0.2, 0) is 15.6 Å². The van der Waals surface area contributed by atoms with Crippen molar-refractivity contribution in [3.63, 3.8) is 0 Å². The van der Waals surface area contributed by atoms with Gasteiger partial charge in [0.2, 0.25) is 11.8 Å². The molecular weight excluding hydrogens is 300 g/mol. The monoisotopic (exact) mass is 306 g/mol. The van der Waals surface area contributed by atoms with Crippen LogP contribution in [0.15, 0.2) is 25.1 Å². The number of nitrogens with zero attached hydrogens (tertiary/aromatic N) is 3. The van der Waals surface area contributed by atoms with Crippen LogP contribution in [0.5, 0.6) is 0 Å². The molecule has 1 N–H and O–H groups in total. The third-order valence-electron chi connectivity index (χ3n) is 2.11. The van der Waals surface area contributed by atoms with Crippen LogP contribution in [0, 0.1) is 6.92 Å². The van der Waals surface area contributed by atoms with Crippen molar-refractivity contribution < 1.29 is 12.8 Å². The second kappa shape index (κ2) is 4.63. The Bertz CT molecular complexity index is 833. The second-order valence-electron chi connectivity index (χ2n) is 3.53. The van der Waals surface area contributed by atoms with Crippen LogP contribution in [0.3, 0.4) is 0 Å². The lowest BCUT2D eigenvalue weighted by Gasteiger charge is -2.02. The summed E-state index contributed by atoms with van der Waals surface area (Å²) in [7, 11) is 0.823. The highest BCUT2D eigenvalue weighted by Crippen LogP contribution is 2.08. The first kappa shape index (κ1) is 13.5. The normalized spacial score (nSPS) is 11.7. The van der Waals surface area contributed by atoms with Gasteiger partial charge in [0.15, 0.2) is 4.90 Å². The van der Waals surface area contributed by atoms with Crippen molar-refractivity contribution in [3.05, 3.63) is 38.8 Å². The molecular formula is C8H7ClN4O5S. The Morgan fingerprint density at radius 3 is 2.63 bits per heavy atom. The summed E-state index contributed by atoms with van der Waals surface area (Å²) in [5, 5.41) is 7.20. The van der Waals surface area contributed by atoms with Crippen LogP contribution < -0.4 is 11.2 Å². The molecule has 0 spiro atoms. The van der Waals surface area contributed by atoms with Gasteiger partial charge in [0, 0.05) is 23.8 Å². The summed E-state index contributed by atoms with van der Waals surface area (Å²) < 4.78 is 28.2. The van der Waals surface area contributed by atoms with E-state index in [1.807, 2.05) is 4.98 Å². The minimum atomic E-state index is -4.26. The minimum Gasteiger partial charge on any atom is -0.424 e. The number of hydrogen-bond donors (Lipinski definition) is 1. The Balaban J connectivity index is 2.53. The van der Waals surface area contributed by atoms with Crippen LogP contribution in [0.25, 0.3) is 0 Å². The first-order chi connectivity index (χ1) is 8.77. The van der Waals surface area contributed by atoms with Gasteiger partial charge in [-0.25, -0.2) is 13.2 Å². The van der Waals surface area contributed by atoms with E-state index in [1.165, 1.54) is 0 Å². The zero-order valence-electron chi connectivity index (χ0n) is 9.45. The van der Waals surface area contributed by atoms with Crippen LogP contribution in [-0.4, -0.2) is 28.2 Å². The first-order valence-electron chi connectivity index (χ1n) is 4.85. The van der Waals surface area contributed by atoms with E-state index in [1.54, 1.807) is 6.92 Å². The molecule has 0 fully saturated rings. The third-order valence-corrected chi connectivity index (χ3v) is 3.43. The largest absolute Gasteiger partial charge is 0.424 e. The van der Waals surface area contributed by atoms with Crippen molar-refractivity contribution in [1.82, 2.24) is 19.7 Å². The van der Waals surface area contributed by atoms with E-state index in [0.717, 1.165) is 10.8 Å². The number of rotatable bonds is 3. The van der Waals surface area contributed by atoms with Crippen molar-refractivity contribution in [1.29, 1.82) is 0 Å². The van der Waals surface area contributed by atoms with Gasteiger partial charge in [-0.05, 0) is 0 Å². The molecule has 2 rings (SSSR count). The van der Waals surface area contributed by atoms with Gasteiger partial charge in [-0.3, -0.25) is 14.3 Å². The number of halogens is 1. The Kier molecular flexibility index (Phi) is 3.28. The topological polar surface area (TPSA) is 128 Å². The molecule has 0 saturated carbocycles. The van der Waals surface area contributed by atoms with Crippen molar-refractivity contribution in [2.45, 2.75) is 18.4 Å². The fourth-order valence-corrected chi connectivity index (χ4v) is 2.18. The molecule has 102 valence electrons. The summed E-state index contributed by atoms with van der Waals surface area (Å²) in [5.74, 6) is 0.377. The molecule has 19 heavy (non-hydrogen) atoms. The van der Waals surface area contributed by atoms with Crippen LogP contribution in [0.4, 0.5) is 0 Å². The van der Waals surface area contributed by atoms with Gasteiger partial charge in [-0.1, -0.05) is 0 Å². The molecule has 0 radical (unpaired) electrons. The van der Waals surface area contributed by atoms with Crippen LogP contribution in [0.1, 0.15) is 11.8 Å². The highest BCUT2D eigenvalue weighted by molar-refractivity contribution is 8.13. The Morgan fingerprint density at radius 2 is 2.11 bits per heavy atom. The Morgan fingerprint density at radius 1 is 1.42 bits per heavy atom. The van der Waals surface area contributed by atoms with Crippen LogP contribution in [0.2, 0.25) is 0 Å². The molecule has 0 bridgehead atoms. The molecule has 0 aromatic carbocycles. The Hall–Kier alpha value is -1.94. The van der Waals surface area contributed by atoms with Crippen molar-refractivity contribution in [2.75, 3.05) is 0 Å². The van der Waals surface area contributed by atoms with E-state index in [9.17, 15) is 18.0 Å². The smallest absolute Gasteiger partial charge is 0.328 e. The van der Waals surface area contributed by atoms with Gasteiger partial charge in [-0.2, -0.15) is 0 Å². The predicted molar refractivity (Wildman–Crippen MR) is 62.5 cm³/mol. The number of hydrogen-bond acceptors (Lipinski definition) is 7. The molecule has 0 unspecified atom stereocenters. The zero-order chi connectivity index (χ0) is 14.2. The van der Waals surface area contributed by atoms with Crippen molar-refractivity contribution in [2.24, 2.45) is 0 Å². The molecule has 9 nitrogen and oxygen atoms in total. The van der Waals surface area contributed by atoms with Crippen LogP contribution >= 0.6 is 10.7 Å². The van der Waals surface area contributed by atoms with Crippen molar-refractivity contribution in [3.8, 4) is 0 Å². The van der Waals surface area contributed by atoms with Gasteiger partial charge >= 0.3 is 5.69 Å². The Labute approximate surface area is 110 Å². The van der Waals surface area contributed by atoms with Gasteiger partial charge in [0.05, 0.1) is 0 Å². The molecule has 2 heterocycles. The lowest BCUT2D eigenvalue weighted by Crippen LogP contribution is -2.32. The van der Waals surface area contributed by atoms with Gasteiger partial charge < -0.3 is 4.42 Å². The molecule has 0 atom stereocenters. The summed E-state index contributed by atoms with van der Waals surface area (Å²) in [6.45, 7) is 1.37. The molecule has 0 aliphatic rings. The average molecular weight is 307 g/mol. The third kappa shape index (κ3) is 2.90. The highest BCUT2D eigenvalue weighted by atomic mass is 35.7. The maximum atomic E-state index is 11.5. The summed E-state index contributed by atoms with van der Waals surface area (Å²) >= 11 is 0. The van der Waals surface area contributed by atoms with E-state index in [2.05, 4.69) is 10.2 Å². The van der Waals surface area contributed by atoms with E-state index in [4.69, 9.17) is 15.1 Å². The number of aromatic nitrogens is 4. The van der Waals surface area contributed by atoms with E-state index in [-0.39, 0.29) is 18.3 Å². The van der Waals surface area contributed by atoms with Crippen molar-refractivity contribution >= 4 is 19.7 Å². The van der Waals surface area contributed by atoms with E-state index < -0.39 is 25.2 Å². The molecule has 2 aromatic heterocycles. The zero-order valence-corrected chi connectivity index (χ0v) is 11.0. The van der Waals surface area contributed by atoms with Gasteiger partial charge in [0.1, 0.15) is 6.54 Å². The van der Waals surface area contributed by atoms with Gasteiger partial charge in [0.25, 0.3) is 14.6 Å². The SMILES string of the molecule is Cc1nnc(Cn2cc(S(=O)(=O)Cl)c(=O)[nH]c2=O)o1. The summed E-state index contributed by atoms with van der Waals surface area (Å²) in [5.41, 5.74) is -1.90. The minimum absolute atomic E-state index is 0.0876. The first-order valence-corrected chi connectivity index (χ1v) is 7.16. The lowest BCUT2D eigenvalue weighted by molar-refractivity contribution is 0.448. The molecule has 11 heteroatoms. The molecule has 0 aliphatic carbocycles. The summed E-state index contributed by atoms with van der Waals surface area (Å²) in [6.07, 6.45) is 0.822. The number of aromatic amines is 1. The second-order valence-corrected chi connectivity index (χ2v) is 6.07. The number of aryl methyl sites for hydroxylation is 1. The van der Waals surface area contributed by atoms with Gasteiger partial charge in [-0.15, -0.1) is 10.2 Å². The molecule has 0 amide bonds. The van der Waals surface area contributed by atoms with E-state index in [0.29, 0.717) is 0 Å². The quantitative estimate of drug-likeness (QED) is 0.735. The molecule has 0 aliphatic heterocycles. The fourth-order valence-electron chi connectivity index (χ4n) is 1.33. The predicted octanol–water partition coefficient (Wildman–Crippen LogP) is -0.796. The molecule has 2 aromatic rings.